The van der Waals surface area contributed by atoms with Gasteiger partial charge in [0.25, 0.3) is 0 Å². The van der Waals surface area contributed by atoms with Gasteiger partial charge in [-0.3, -0.25) is 0 Å². The summed E-state index contributed by atoms with van der Waals surface area (Å²) in [4.78, 5) is 1.49. The van der Waals surface area contributed by atoms with Crippen LogP contribution in [-0.2, 0) is 23.2 Å². The van der Waals surface area contributed by atoms with Crippen LogP contribution in [-0.4, -0.2) is 5.75 Å². The van der Waals surface area contributed by atoms with E-state index < -0.39 is 23.2 Å². The van der Waals surface area contributed by atoms with Gasteiger partial charge in [-0.25, -0.2) is 0 Å². The molecule has 2 aromatic rings. The van der Waals surface area contributed by atoms with E-state index in [1.54, 1.807) is 20.0 Å². The molecule has 2 aromatic carbocycles. The van der Waals surface area contributed by atoms with E-state index in [2.05, 4.69) is 79.4 Å². The molecule has 26 heavy (non-hydrogen) atoms. The molecule has 0 fully saturated rings. The maximum atomic E-state index is 2.40. The Kier molecular flexibility index (Phi) is 8.75. The minimum atomic E-state index is -0.630. The summed E-state index contributed by atoms with van der Waals surface area (Å²) in [6.45, 7) is 2.28. The van der Waals surface area contributed by atoms with Crippen LogP contribution in [0.15, 0.2) is 68.9 Å². The van der Waals surface area contributed by atoms with Crippen LogP contribution in [0.25, 0.3) is 11.1 Å². The molecule has 0 saturated carbocycles. The molecule has 0 spiro atoms. The van der Waals surface area contributed by atoms with Crippen molar-refractivity contribution < 1.29 is 48.0 Å². The van der Waals surface area contributed by atoms with Gasteiger partial charge in [-0.15, -0.1) is 0 Å². The zero-order valence-corrected chi connectivity index (χ0v) is 19.6. The SMILES string of the molecule is CCCCSc1cccc2c1-c1ccccc1[CH]2[Zr+2][C]1=CC=CC1.[Cl-].[Cl-]. The van der Waals surface area contributed by atoms with Crippen molar-refractivity contribution in [3.8, 4) is 11.1 Å². The Hall–Kier alpha value is -0.267. The number of halogens is 2. The first-order valence-corrected chi connectivity index (χ1v) is 12.5. The van der Waals surface area contributed by atoms with E-state index >= 15 is 0 Å². The van der Waals surface area contributed by atoms with Crippen LogP contribution in [0.5, 0.6) is 0 Å². The van der Waals surface area contributed by atoms with Gasteiger partial charge in [0.1, 0.15) is 0 Å². The van der Waals surface area contributed by atoms with E-state index in [9.17, 15) is 0 Å². The summed E-state index contributed by atoms with van der Waals surface area (Å²) < 4.78 is 2.42. The fraction of sp³-hybridized carbons (Fsp3) is 0.273. The normalized spacial score (nSPS) is 16.0. The minimum Gasteiger partial charge on any atom is -1.00 e. The van der Waals surface area contributed by atoms with Gasteiger partial charge in [0.2, 0.25) is 0 Å². The zero-order chi connectivity index (χ0) is 16.4. The third-order valence-electron chi connectivity index (χ3n) is 4.77. The predicted molar refractivity (Wildman–Crippen MR) is 101 cm³/mol. The molecule has 2 aliphatic carbocycles. The van der Waals surface area contributed by atoms with Gasteiger partial charge in [-0.05, 0) is 0 Å². The van der Waals surface area contributed by atoms with Crippen molar-refractivity contribution in [1.29, 1.82) is 0 Å². The molecule has 1 unspecified atom stereocenters. The standard InChI is InChI=1S/C17H17S.C5H5.2ClH.Zr/c1-2-3-11-18-16-10-6-8-14-12-13-7-4-5-9-15(13)17(14)16;1-2-4-5-3-1;;;/h4-10,12H,2-3,11H2,1H3;1-3H,4H2;2*1H;/q;;;;+2/p-2. The van der Waals surface area contributed by atoms with Crippen LogP contribution in [0.3, 0.4) is 0 Å². The number of fused-ring (bicyclic) bond motifs is 3. The number of hydrogen-bond donors (Lipinski definition) is 0. The zero-order valence-electron chi connectivity index (χ0n) is 14.8. The molecule has 0 nitrogen and oxygen atoms in total. The first-order chi connectivity index (χ1) is 11.9. The number of thioether (sulfide) groups is 1. The summed E-state index contributed by atoms with van der Waals surface area (Å²) in [5.41, 5.74) is 6.25. The fourth-order valence-corrected chi connectivity index (χ4v) is 8.70. The Balaban J connectivity index is 0.00000121. The minimum absolute atomic E-state index is 0. The second kappa shape index (κ2) is 10.3. The monoisotopic (exact) mass is 478 g/mol. The molecule has 2 aliphatic rings. The van der Waals surface area contributed by atoms with Gasteiger partial charge in [-0.1, -0.05) is 0 Å². The van der Waals surface area contributed by atoms with E-state index in [-0.39, 0.29) is 24.8 Å². The van der Waals surface area contributed by atoms with Gasteiger partial charge in [0, 0.05) is 0 Å². The first kappa shape index (κ1) is 22.0. The Morgan fingerprint density at radius 3 is 2.62 bits per heavy atom. The summed E-state index contributed by atoms with van der Waals surface area (Å²) in [6, 6.07) is 16.2. The van der Waals surface area contributed by atoms with E-state index in [0.717, 1.165) is 0 Å². The third-order valence-corrected chi connectivity index (χ3v) is 9.97. The van der Waals surface area contributed by atoms with Crippen molar-refractivity contribution in [2.24, 2.45) is 0 Å². The van der Waals surface area contributed by atoms with Crippen LogP contribution in [0.4, 0.5) is 0 Å². The van der Waals surface area contributed by atoms with Crippen LogP contribution >= 0.6 is 11.8 Å². The Morgan fingerprint density at radius 1 is 1.04 bits per heavy atom. The quantitative estimate of drug-likeness (QED) is 0.431. The molecule has 0 aromatic heterocycles. The molecule has 4 rings (SSSR count). The molecule has 0 saturated heterocycles. The molecular formula is C22H22Cl2SZr. The van der Waals surface area contributed by atoms with E-state index in [1.807, 2.05) is 0 Å². The van der Waals surface area contributed by atoms with Gasteiger partial charge in [-0.2, -0.15) is 0 Å². The molecule has 0 amide bonds. The van der Waals surface area contributed by atoms with Gasteiger partial charge in [0.05, 0.1) is 0 Å². The summed E-state index contributed by atoms with van der Waals surface area (Å²) in [5.74, 6) is 1.23. The molecule has 0 N–H and O–H groups in total. The van der Waals surface area contributed by atoms with Crippen molar-refractivity contribution in [1.82, 2.24) is 0 Å². The van der Waals surface area contributed by atoms with Crippen molar-refractivity contribution in [3.05, 3.63) is 75.1 Å². The average Bonchev–Trinajstić information content (AvgIpc) is 3.23. The van der Waals surface area contributed by atoms with Crippen molar-refractivity contribution in [2.45, 2.75) is 34.7 Å². The van der Waals surface area contributed by atoms with E-state index in [4.69, 9.17) is 0 Å². The molecule has 4 heteroatoms. The van der Waals surface area contributed by atoms with E-state index in [0.29, 0.717) is 3.63 Å². The second-order valence-corrected chi connectivity index (χ2v) is 11.3. The van der Waals surface area contributed by atoms with Gasteiger partial charge >= 0.3 is 162 Å². The Bertz CT molecular complexity index is 814. The maximum absolute atomic E-state index is 2.40. The van der Waals surface area contributed by atoms with Gasteiger partial charge < -0.3 is 24.8 Å². The molecule has 134 valence electrons. The molecule has 0 aliphatic heterocycles. The van der Waals surface area contributed by atoms with Crippen LogP contribution in [0.2, 0.25) is 0 Å². The first-order valence-electron chi connectivity index (χ1n) is 8.85. The van der Waals surface area contributed by atoms with Crippen molar-refractivity contribution in [3.63, 3.8) is 0 Å². The molecular weight excluding hydrogens is 458 g/mol. The number of rotatable bonds is 6. The van der Waals surface area contributed by atoms with Crippen LogP contribution < -0.4 is 24.8 Å². The Labute approximate surface area is 185 Å². The summed E-state index contributed by atoms with van der Waals surface area (Å²) in [6.07, 6.45) is 10.7. The van der Waals surface area contributed by atoms with Crippen molar-refractivity contribution >= 4 is 11.8 Å². The third kappa shape index (κ3) is 4.41. The fourth-order valence-electron chi connectivity index (χ4n) is 3.56. The largest absolute Gasteiger partial charge is 1.00 e. The average molecular weight is 481 g/mol. The van der Waals surface area contributed by atoms with Gasteiger partial charge in [0.15, 0.2) is 0 Å². The number of hydrogen-bond acceptors (Lipinski definition) is 1. The molecule has 0 bridgehead atoms. The second-order valence-electron chi connectivity index (χ2n) is 6.41. The summed E-state index contributed by atoms with van der Waals surface area (Å²) >= 11 is 1.42. The molecule has 0 radical (unpaired) electrons. The topological polar surface area (TPSA) is 0 Å². The van der Waals surface area contributed by atoms with Crippen LogP contribution in [0, 0.1) is 0 Å². The number of allylic oxidation sites excluding steroid dienone is 4. The predicted octanol–water partition coefficient (Wildman–Crippen LogP) is 0.583. The van der Waals surface area contributed by atoms with E-state index in [1.165, 1.54) is 35.5 Å². The molecule has 0 heterocycles. The maximum Gasteiger partial charge on any atom is -1.00 e. The smallest absolute Gasteiger partial charge is 1.00 e. The van der Waals surface area contributed by atoms with Crippen LogP contribution in [0.1, 0.15) is 40.9 Å². The number of unbranched alkanes of at least 4 members (excludes halogenated alkanes) is 1. The number of benzene rings is 2. The summed E-state index contributed by atoms with van der Waals surface area (Å²) in [5, 5.41) is 0. The Morgan fingerprint density at radius 2 is 1.85 bits per heavy atom. The van der Waals surface area contributed by atoms with Crippen molar-refractivity contribution in [2.75, 3.05) is 5.75 Å². The molecule has 1 atom stereocenters. The summed E-state index contributed by atoms with van der Waals surface area (Å²) in [7, 11) is 0.